The van der Waals surface area contributed by atoms with Gasteiger partial charge in [-0.2, -0.15) is 5.10 Å². The van der Waals surface area contributed by atoms with Gasteiger partial charge in [0, 0.05) is 47.3 Å². The van der Waals surface area contributed by atoms with Gasteiger partial charge in [-0.3, -0.25) is 20.1 Å². The van der Waals surface area contributed by atoms with Gasteiger partial charge in [0.2, 0.25) is 0 Å². The first kappa shape index (κ1) is 22.9. The highest BCUT2D eigenvalue weighted by molar-refractivity contribution is 5.79. The lowest BCUT2D eigenvalue weighted by molar-refractivity contribution is 1.05. The van der Waals surface area contributed by atoms with E-state index in [9.17, 15) is 0 Å². The maximum atomic E-state index is 4.45. The van der Waals surface area contributed by atoms with Crippen LogP contribution in [0.4, 0.5) is 5.69 Å². The molecule has 6 heteroatoms. The van der Waals surface area contributed by atoms with E-state index in [2.05, 4.69) is 63.5 Å². The number of hydrogen-bond acceptors (Lipinski definition) is 5. The van der Waals surface area contributed by atoms with Crippen LogP contribution in [-0.2, 0) is 6.42 Å². The van der Waals surface area contributed by atoms with Gasteiger partial charge in [0.05, 0.1) is 22.9 Å². The van der Waals surface area contributed by atoms with Crippen LogP contribution < -0.4 is 15.9 Å². The predicted octanol–water partition coefficient (Wildman–Crippen LogP) is 4.51. The molecule has 34 heavy (non-hydrogen) atoms. The Morgan fingerprint density at radius 3 is 2.71 bits per heavy atom. The summed E-state index contributed by atoms with van der Waals surface area (Å²) in [6.07, 6.45) is 16.0. The molecule has 2 N–H and O–H groups in total. The largest absolute Gasteiger partial charge is 0.353 e. The zero-order valence-electron chi connectivity index (χ0n) is 19.8. The minimum Gasteiger partial charge on any atom is -0.353 e. The first-order chi connectivity index (χ1) is 16.5. The van der Waals surface area contributed by atoms with E-state index in [1.54, 1.807) is 12.4 Å². The second kappa shape index (κ2) is 10.1. The van der Waals surface area contributed by atoms with Gasteiger partial charge in [-0.15, -0.1) is 0 Å². The Bertz CT molecular complexity index is 1460. The molecule has 0 saturated heterocycles. The zero-order chi connectivity index (χ0) is 24.1. The third-order valence-corrected chi connectivity index (χ3v) is 5.82. The molecular formula is C28H28N6. The monoisotopic (exact) mass is 448 g/mol. The minimum atomic E-state index is 0.648. The third-order valence-electron chi connectivity index (χ3n) is 5.82. The van der Waals surface area contributed by atoms with E-state index >= 15 is 0 Å². The number of aromatic amines is 1. The van der Waals surface area contributed by atoms with Crippen molar-refractivity contribution in [2.24, 2.45) is 0 Å². The molecule has 170 valence electrons. The van der Waals surface area contributed by atoms with Crippen molar-refractivity contribution in [3.05, 3.63) is 101 Å². The van der Waals surface area contributed by atoms with Gasteiger partial charge in [-0.1, -0.05) is 32.2 Å². The summed E-state index contributed by atoms with van der Waals surface area (Å²) in [6.45, 7) is 14.6. The maximum absolute atomic E-state index is 4.45. The second-order valence-electron chi connectivity index (χ2n) is 8.12. The summed E-state index contributed by atoms with van der Waals surface area (Å²) in [4.78, 5) is 12.9. The minimum absolute atomic E-state index is 0.648. The van der Waals surface area contributed by atoms with Crippen LogP contribution in [0.3, 0.4) is 0 Å². The highest BCUT2D eigenvalue weighted by Gasteiger charge is 2.11. The fraction of sp³-hybridized carbons (Fsp3) is 0.143. The molecule has 6 nitrogen and oxygen atoms in total. The summed E-state index contributed by atoms with van der Waals surface area (Å²) in [5.41, 5.74) is 8.70. The summed E-state index contributed by atoms with van der Waals surface area (Å²) in [7, 11) is 0. The Morgan fingerprint density at radius 1 is 1.12 bits per heavy atom. The lowest BCUT2D eigenvalue weighted by Gasteiger charge is -2.13. The number of H-pyrrole nitrogens is 1. The quantitative estimate of drug-likeness (QED) is 0.435. The van der Waals surface area contributed by atoms with E-state index in [0.717, 1.165) is 50.5 Å². The molecule has 0 radical (unpaired) electrons. The number of aryl methyl sites for hydroxylation is 1. The van der Waals surface area contributed by atoms with Crippen LogP contribution in [0.5, 0.6) is 0 Å². The van der Waals surface area contributed by atoms with Crippen molar-refractivity contribution in [1.82, 2.24) is 25.1 Å². The number of nitrogens with zero attached hydrogens (tertiary/aromatic N) is 4. The van der Waals surface area contributed by atoms with Crippen LogP contribution in [0, 0.1) is 6.92 Å². The van der Waals surface area contributed by atoms with Crippen molar-refractivity contribution in [2.75, 3.05) is 5.32 Å². The van der Waals surface area contributed by atoms with E-state index in [-0.39, 0.29) is 0 Å². The number of allylic oxidation sites excluding steroid dienone is 2. The molecular weight excluding hydrogens is 420 g/mol. The van der Waals surface area contributed by atoms with Gasteiger partial charge >= 0.3 is 0 Å². The molecule has 4 aromatic rings. The number of pyridine rings is 3. The number of anilines is 1. The molecule has 0 spiro atoms. The molecule has 0 aliphatic heterocycles. The molecule has 0 aliphatic rings. The second-order valence-corrected chi connectivity index (χ2v) is 8.12. The van der Waals surface area contributed by atoms with Gasteiger partial charge in [-0.05, 0) is 60.7 Å². The van der Waals surface area contributed by atoms with E-state index in [4.69, 9.17) is 0 Å². The standard InChI is InChI=1S/C28H28N6/c1-6-22-12-24(15-30-13-22)18(2)9-10-26-20(4)28(34-33-26)21(5)32-27-17-31-16-25(19(27)3)23-8-7-11-29-14-23/h7-17,32-33H,4-6H2,1-3H3/b18-9+,26-10+. The molecule has 0 saturated carbocycles. The van der Waals surface area contributed by atoms with Gasteiger partial charge in [0.1, 0.15) is 5.69 Å². The molecule has 4 aromatic heterocycles. The normalized spacial score (nSPS) is 12.1. The smallest absolute Gasteiger partial charge is 0.115 e. The molecule has 0 bridgehead atoms. The lowest BCUT2D eigenvalue weighted by Crippen LogP contribution is -2.23. The summed E-state index contributed by atoms with van der Waals surface area (Å²) in [5, 5.41) is 12.5. The number of hydrogen-bond donors (Lipinski definition) is 2. The fourth-order valence-electron chi connectivity index (χ4n) is 3.65. The van der Waals surface area contributed by atoms with E-state index in [1.165, 1.54) is 5.56 Å². The van der Waals surface area contributed by atoms with Crippen molar-refractivity contribution in [3.63, 3.8) is 0 Å². The van der Waals surface area contributed by atoms with Crippen molar-refractivity contribution >= 4 is 29.6 Å². The molecule has 0 amide bonds. The lowest BCUT2D eigenvalue weighted by atomic mass is 10.0. The molecule has 0 fully saturated rings. The Morgan fingerprint density at radius 2 is 1.94 bits per heavy atom. The Hall–Kier alpha value is -4.32. The topological polar surface area (TPSA) is 79.4 Å². The van der Waals surface area contributed by atoms with Crippen LogP contribution in [0.25, 0.3) is 35.1 Å². The van der Waals surface area contributed by atoms with Crippen LogP contribution >= 0.6 is 0 Å². The van der Waals surface area contributed by atoms with Gasteiger partial charge in [0.25, 0.3) is 0 Å². The molecule has 4 rings (SSSR count). The molecule has 0 aromatic carbocycles. The SMILES string of the molecule is C=C(Nc1cncc(-c2cccnc2)c1C)c1n[nH]/c(=C/C=C(\C)c2cncc(CC)c2)c1=C. The number of aromatic nitrogens is 5. The van der Waals surface area contributed by atoms with E-state index < -0.39 is 0 Å². The highest BCUT2D eigenvalue weighted by Crippen LogP contribution is 2.28. The number of rotatable bonds is 7. The average Bonchev–Trinajstić information content (AvgIpc) is 3.24. The van der Waals surface area contributed by atoms with Crippen LogP contribution in [0.1, 0.15) is 36.2 Å². The van der Waals surface area contributed by atoms with Crippen molar-refractivity contribution in [1.29, 1.82) is 0 Å². The van der Waals surface area contributed by atoms with Crippen LogP contribution in [0.2, 0.25) is 0 Å². The number of nitrogens with one attached hydrogen (secondary N) is 2. The van der Waals surface area contributed by atoms with Gasteiger partial charge in [-0.25, -0.2) is 0 Å². The molecule has 0 aliphatic carbocycles. The summed E-state index contributed by atoms with van der Waals surface area (Å²) in [5.74, 6) is 0. The van der Waals surface area contributed by atoms with Gasteiger partial charge < -0.3 is 5.32 Å². The Labute approximate surface area is 199 Å². The summed E-state index contributed by atoms with van der Waals surface area (Å²) >= 11 is 0. The Balaban J connectivity index is 1.57. The average molecular weight is 449 g/mol. The Kier molecular flexibility index (Phi) is 6.78. The third kappa shape index (κ3) is 4.86. The van der Waals surface area contributed by atoms with Crippen LogP contribution in [0.15, 0.2) is 68.0 Å². The van der Waals surface area contributed by atoms with Crippen molar-refractivity contribution < 1.29 is 0 Å². The fourth-order valence-corrected chi connectivity index (χ4v) is 3.65. The van der Waals surface area contributed by atoms with Crippen LogP contribution in [-0.4, -0.2) is 25.1 Å². The first-order valence-corrected chi connectivity index (χ1v) is 11.2. The zero-order valence-corrected chi connectivity index (χ0v) is 19.8. The van der Waals surface area contributed by atoms with E-state index in [0.29, 0.717) is 11.4 Å². The predicted molar refractivity (Wildman–Crippen MR) is 140 cm³/mol. The molecule has 0 atom stereocenters. The molecule has 0 unspecified atom stereocenters. The highest BCUT2D eigenvalue weighted by atomic mass is 15.1. The summed E-state index contributed by atoms with van der Waals surface area (Å²) < 4.78 is 0. The van der Waals surface area contributed by atoms with E-state index in [1.807, 2.05) is 56.0 Å². The first-order valence-electron chi connectivity index (χ1n) is 11.2. The molecule has 4 heterocycles. The van der Waals surface area contributed by atoms with Crippen molar-refractivity contribution in [3.8, 4) is 11.1 Å². The maximum Gasteiger partial charge on any atom is 0.115 e. The van der Waals surface area contributed by atoms with Crippen molar-refractivity contribution in [2.45, 2.75) is 27.2 Å². The van der Waals surface area contributed by atoms with Gasteiger partial charge in [0.15, 0.2) is 0 Å². The summed E-state index contributed by atoms with van der Waals surface area (Å²) in [6, 6.07) is 6.10.